The van der Waals surface area contributed by atoms with Gasteiger partial charge in [0, 0.05) is 4.83 Å². The Hall–Kier alpha value is -0.760. The summed E-state index contributed by atoms with van der Waals surface area (Å²) in [4.78, 5) is 0.671. The second kappa shape index (κ2) is 3.92. The molecule has 0 aromatic heterocycles. The van der Waals surface area contributed by atoms with Crippen LogP contribution in [0.15, 0.2) is 30.3 Å². The Morgan fingerprint density at radius 1 is 1.19 bits per heavy atom. The number of allylic oxidation sites excluding steroid dienone is 2. The molecule has 2 bridgehead atoms. The van der Waals surface area contributed by atoms with Gasteiger partial charge in [-0.1, -0.05) is 34.1 Å². The van der Waals surface area contributed by atoms with Crippen LogP contribution < -0.4 is 4.74 Å². The van der Waals surface area contributed by atoms with Crippen LogP contribution in [0, 0.1) is 11.8 Å². The maximum Gasteiger partial charge on any atom is 0.118 e. The van der Waals surface area contributed by atoms with Crippen LogP contribution >= 0.6 is 15.9 Å². The first-order valence-corrected chi connectivity index (χ1v) is 6.71. The smallest absolute Gasteiger partial charge is 0.118 e. The Labute approximate surface area is 105 Å². The molecule has 3 atom stereocenters. The lowest BCUT2D eigenvalue weighted by Gasteiger charge is -2.15. The van der Waals surface area contributed by atoms with Crippen LogP contribution in [0.25, 0.3) is 5.57 Å². The molecule has 0 heterocycles. The third kappa shape index (κ3) is 1.51. The van der Waals surface area contributed by atoms with Crippen LogP contribution in [0.4, 0.5) is 0 Å². The number of hydrogen-bond donors (Lipinski definition) is 0. The summed E-state index contributed by atoms with van der Waals surface area (Å²) >= 11 is 3.82. The Kier molecular flexibility index (Phi) is 2.55. The molecule has 1 aromatic rings. The molecule has 0 radical (unpaired) electrons. The van der Waals surface area contributed by atoms with Crippen molar-refractivity contribution >= 4 is 21.5 Å². The summed E-state index contributed by atoms with van der Waals surface area (Å²) in [5, 5.41) is 0. The normalized spacial score (nSPS) is 31.6. The van der Waals surface area contributed by atoms with Crippen LogP contribution in [-0.4, -0.2) is 11.9 Å². The van der Waals surface area contributed by atoms with E-state index in [1.807, 2.05) is 12.1 Å². The molecule has 3 rings (SSSR count). The number of hydrogen-bond acceptors (Lipinski definition) is 1. The fourth-order valence-corrected chi connectivity index (χ4v) is 3.91. The lowest BCUT2D eigenvalue weighted by Crippen LogP contribution is -2.06. The summed E-state index contributed by atoms with van der Waals surface area (Å²) in [6, 6.07) is 8.44. The average molecular weight is 279 g/mol. The Balaban J connectivity index is 1.91. The van der Waals surface area contributed by atoms with Gasteiger partial charge in [-0.2, -0.15) is 0 Å². The van der Waals surface area contributed by atoms with Crippen LogP contribution in [0.1, 0.15) is 18.4 Å². The van der Waals surface area contributed by atoms with Crippen molar-refractivity contribution in [3.8, 4) is 5.75 Å². The summed E-state index contributed by atoms with van der Waals surface area (Å²) in [5.41, 5.74) is 2.89. The molecule has 0 saturated heterocycles. The number of methoxy groups -OCH3 is 1. The number of fused-ring (bicyclic) bond motifs is 2. The van der Waals surface area contributed by atoms with Crippen LogP contribution in [-0.2, 0) is 0 Å². The van der Waals surface area contributed by atoms with Crippen molar-refractivity contribution in [3.05, 3.63) is 35.9 Å². The van der Waals surface area contributed by atoms with E-state index in [0.29, 0.717) is 4.83 Å². The fraction of sp³-hybridized carbons (Fsp3) is 0.429. The molecule has 1 fully saturated rings. The second-order valence-electron chi connectivity index (χ2n) is 4.64. The maximum absolute atomic E-state index is 5.19. The first-order chi connectivity index (χ1) is 7.79. The zero-order chi connectivity index (χ0) is 11.1. The van der Waals surface area contributed by atoms with Crippen molar-refractivity contribution in [1.82, 2.24) is 0 Å². The number of alkyl halides is 1. The fourth-order valence-electron chi connectivity index (χ4n) is 2.94. The molecule has 0 aliphatic heterocycles. The second-order valence-corrected chi connectivity index (χ2v) is 5.70. The number of rotatable bonds is 2. The monoisotopic (exact) mass is 278 g/mol. The quantitative estimate of drug-likeness (QED) is 0.746. The van der Waals surface area contributed by atoms with Gasteiger partial charge in [0.2, 0.25) is 0 Å². The van der Waals surface area contributed by atoms with Gasteiger partial charge in [-0.15, -0.1) is 0 Å². The summed E-state index contributed by atoms with van der Waals surface area (Å²) < 4.78 is 5.19. The first kappa shape index (κ1) is 10.4. The van der Waals surface area contributed by atoms with Crippen LogP contribution in [0.2, 0.25) is 0 Å². The molecule has 1 unspecified atom stereocenters. The minimum atomic E-state index is 0.671. The summed E-state index contributed by atoms with van der Waals surface area (Å²) in [6.07, 6.45) is 5.13. The molecule has 0 N–H and O–H groups in total. The van der Waals surface area contributed by atoms with Crippen LogP contribution in [0.5, 0.6) is 5.75 Å². The van der Waals surface area contributed by atoms with E-state index in [0.717, 1.165) is 17.6 Å². The molecular formula is C14H15BrO. The van der Waals surface area contributed by atoms with Crippen molar-refractivity contribution in [2.75, 3.05) is 7.11 Å². The zero-order valence-electron chi connectivity index (χ0n) is 9.32. The van der Waals surface area contributed by atoms with Crippen molar-refractivity contribution in [2.24, 2.45) is 11.8 Å². The van der Waals surface area contributed by atoms with E-state index in [2.05, 4.69) is 34.1 Å². The van der Waals surface area contributed by atoms with Gasteiger partial charge in [0.05, 0.1) is 7.11 Å². The third-order valence-electron chi connectivity index (χ3n) is 3.82. The molecule has 1 saturated carbocycles. The summed E-state index contributed by atoms with van der Waals surface area (Å²) in [6.45, 7) is 0. The summed E-state index contributed by atoms with van der Waals surface area (Å²) in [5.74, 6) is 2.41. The molecule has 84 valence electrons. The number of halogens is 1. The van der Waals surface area contributed by atoms with Gasteiger partial charge >= 0.3 is 0 Å². The molecule has 2 aliphatic carbocycles. The van der Waals surface area contributed by atoms with Gasteiger partial charge in [0.25, 0.3) is 0 Å². The van der Waals surface area contributed by atoms with Crippen molar-refractivity contribution in [2.45, 2.75) is 17.7 Å². The molecule has 0 amide bonds. The zero-order valence-corrected chi connectivity index (χ0v) is 10.9. The van der Waals surface area contributed by atoms with Crippen molar-refractivity contribution in [1.29, 1.82) is 0 Å². The van der Waals surface area contributed by atoms with E-state index in [9.17, 15) is 0 Å². The van der Waals surface area contributed by atoms with Gasteiger partial charge in [-0.3, -0.25) is 0 Å². The summed E-state index contributed by atoms with van der Waals surface area (Å²) in [7, 11) is 1.71. The topological polar surface area (TPSA) is 9.23 Å². The van der Waals surface area contributed by atoms with E-state index < -0.39 is 0 Å². The van der Waals surface area contributed by atoms with Gasteiger partial charge in [-0.05, 0) is 47.9 Å². The molecule has 2 heteroatoms. The van der Waals surface area contributed by atoms with E-state index in [1.165, 1.54) is 24.0 Å². The predicted octanol–water partition coefficient (Wildman–Crippen LogP) is 3.88. The number of benzene rings is 1. The standard InChI is InChI=1S/C14H15BrO/c1-16-11-5-2-9(3-6-11)13-8-10-4-7-12(13)14(10)15/h2-3,5-6,8,10,12,14H,4,7H2,1H3/t10-,12+,14?/m1/s1. The highest BCUT2D eigenvalue weighted by Gasteiger charge is 2.41. The maximum atomic E-state index is 5.19. The van der Waals surface area contributed by atoms with Crippen molar-refractivity contribution in [3.63, 3.8) is 0 Å². The predicted molar refractivity (Wildman–Crippen MR) is 69.9 cm³/mol. The first-order valence-electron chi connectivity index (χ1n) is 5.80. The Bertz CT molecular complexity index is 421. The highest BCUT2D eigenvalue weighted by Crippen LogP contribution is 2.51. The van der Waals surface area contributed by atoms with E-state index in [4.69, 9.17) is 4.74 Å². The van der Waals surface area contributed by atoms with Gasteiger partial charge in [0.15, 0.2) is 0 Å². The Morgan fingerprint density at radius 2 is 1.94 bits per heavy atom. The van der Waals surface area contributed by atoms with E-state index >= 15 is 0 Å². The van der Waals surface area contributed by atoms with Gasteiger partial charge in [0.1, 0.15) is 5.75 Å². The number of ether oxygens (including phenoxy) is 1. The van der Waals surface area contributed by atoms with Gasteiger partial charge in [-0.25, -0.2) is 0 Å². The SMILES string of the molecule is COc1ccc(C2=C[C@H]3CC[C@@H]2C3Br)cc1. The highest BCUT2D eigenvalue weighted by atomic mass is 79.9. The van der Waals surface area contributed by atoms with E-state index in [1.54, 1.807) is 7.11 Å². The molecule has 16 heavy (non-hydrogen) atoms. The molecular weight excluding hydrogens is 264 g/mol. The van der Waals surface area contributed by atoms with Crippen molar-refractivity contribution < 1.29 is 4.74 Å². The van der Waals surface area contributed by atoms with Crippen LogP contribution in [0.3, 0.4) is 0 Å². The minimum Gasteiger partial charge on any atom is -0.497 e. The lowest BCUT2D eigenvalue weighted by molar-refractivity contribution is 0.415. The molecule has 1 nitrogen and oxygen atoms in total. The average Bonchev–Trinajstić information content (AvgIpc) is 2.85. The molecule has 2 aliphatic rings. The lowest BCUT2D eigenvalue weighted by atomic mass is 9.92. The van der Waals surface area contributed by atoms with Gasteiger partial charge < -0.3 is 4.74 Å². The largest absolute Gasteiger partial charge is 0.497 e. The highest BCUT2D eigenvalue weighted by molar-refractivity contribution is 9.09. The molecule has 0 spiro atoms. The van der Waals surface area contributed by atoms with E-state index in [-0.39, 0.29) is 0 Å². The molecule has 1 aromatic carbocycles. The third-order valence-corrected chi connectivity index (χ3v) is 5.14. The minimum absolute atomic E-state index is 0.671. The Morgan fingerprint density at radius 3 is 2.44 bits per heavy atom.